The van der Waals surface area contributed by atoms with Crippen molar-refractivity contribution in [2.75, 3.05) is 11.9 Å². The smallest absolute Gasteiger partial charge is 0.244 e. The van der Waals surface area contributed by atoms with Crippen LogP contribution in [0.2, 0.25) is 0 Å². The molecule has 1 heterocycles. The number of nitrogens with zero attached hydrogens (tertiary/aromatic N) is 1. The van der Waals surface area contributed by atoms with Gasteiger partial charge in [0.15, 0.2) is 0 Å². The Kier molecular flexibility index (Phi) is 3.07. The van der Waals surface area contributed by atoms with Crippen LogP contribution in [0, 0.1) is 29.5 Å². The van der Waals surface area contributed by atoms with Gasteiger partial charge in [0.25, 0.3) is 0 Å². The molecule has 4 unspecified atom stereocenters. The molecule has 4 rings (SSSR count). The highest BCUT2D eigenvalue weighted by Crippen LogP contribution is 2.52. The Balaban J connectivity index is 1.48. The van der Waals surface area contributed by atoms with E-state index >= 15 is 0 Å². The number of benzene rings is 1. The predicted octanol–water partition coefficient (Wildman–Crippen LogP) is 1.57. The second-order valence-electron chi connectivity index (χ2n) is 6.29. The molecule has 0 aromatic heterocycles. The highest BCUT2D eigenvalue weighted by Gasteiger charge is 2.59. The first-order valence-corrected chi connectivity index (χ1v) is 7.64. The van der Waals surface area contributed by atoms with Crippen molar-refractivity contribution in [1.29, 1.82) is 0 Å². The van der Waals surface area contributed by atoms with Crippen LogP contribution in [0.5, 0.6) is 0 Å². The van der Waals surface area contributed by atoms with Crippen molar-refractivity contribution < 1.29 is 18.8 Å². The van der Waals surface area contributed by atoms with Gasteiger partial charge in [-0.25, -0.2) is 4.39 Å². The van der Waals surface area contributed by atoms with E-state index in [2.05, 4.69) is 5.32 Å². The highest BCUT2D eigenvalue weighted by molar-refractivity contribution is 6.09. The van der Waals surface area contributed by atoms with E-state index in [0.29, 0.717) is 0 Å². The van der Waals surface area contributed by atoms with Gasteiger partial charge in [-0.3, -0.25) is 19.3 Å². The molecule has 4 atom stereocenters. The van der Waals surface area contributed by atoms with Gasteiger partial charge in [-0.1, -0.05) is 24.3 Å². The quantitative estimate of drug-likeness (QED) is 0.680. The number of hydrogen-bond acceptors (Lipinski definition) is 3. The lowest BCUT2D eigenvalue weighted by Gasteiger charge is -2.16. The molecule has 1 N–H and O–H groups in total. The third-order valence-corrected chi connectivity index (χ3v) is 5.01. The number of allylic oxidation sites excluding steroid dienone is 2. The second kappa shape index (κ2) is 5.01. The summed E-state index contributed by atoms with van der Waals surface area (Å²) in [6.07, 6.45) is 4.85. The van der Waals surface area contributed by atoms with Gasteiger partial charge in [0.2, 0.25) is 17.7 Å². The molecule has 3 amide bonds. The minimum atomic E-state index is -0.572. The Bertz CT molecular complexity index is 715. The maximum Gasteiger partial charge on any atom is 0.244 e. The van der Waals surface area contributed by atoms with Crippen molar-refractivity contribution >= 4 is 23.4 Å². The van der Waals surface area contributed by atoms with Crippen LogP contribution in [0.1, 0.15) is 6.42 Å². The SMILES string of the molecule is O=C(CN1C(=O)C2C3C=CC(C3)C2C1=O)Nc1ccccc1F. The number of nitrogens with one attached hydrogen (secondary N) is 1. The van der Waals surface area contributed by atoms with Crippen molar-refractivity contribution in [3.05, 3.63) is 42.2 Å². The Labute approximate surface area is 132 Å². The van der Waals surface area contributed by atoms with Crippen molar-refractivity contribution in [3.63, 3.8) is 0 Å². The van der Waals surface area contributed by atoms with E-state index in [4.69, 9.17) is 0 Å². The number of halogens is 1. The number of rotatable bonds is 3. The fourth-order valence-electron chi connectivity index (χ4n) is 4.02. The van der Waals surface area contributed by atoms with Gasteiger partial charge < -0.3 is 5.32 Å². The molecular weight excluding hydrogens is 299 g/mol. The van der Waals surface area contributed by atoms with Gasteiger partial charge in [-0.2, -0.15) is 0 Å². The number of likely N-dealkylation sites (tertiary alicyclic amines) is 1. The fraction of sp³-hybridized carbons (Fsp3) is 0.353. The molecule has 1 aromatic rings. The third kappa shape index (κ3) is 2.09. The number of anilines is 1. The summed E-state index contributed by atoms with van der Waals surface area (Å²) in [4.78, 5) is 38.0. The third-order valence-electron chi connectivity index (χ3n) is 5.01. The molecular formula is C17H15FN2O3. The van der Waals surface area contributed by atoms with E-state index in [-0.39, 0.29) is 47.7 Å². The maximum atomic E-state index is 13.5. The normalized spacial score (nSPS) is 30.9. The van der Waals surface area contributed by atoms with Crippen molar-refractivity contribution in [3.8, 4) is 0 Å². The van der Waals surface area contributed by atoms with Crippen molar-refractivity contribution in [2.45, 2.75) is 6.42 Å². The number of hydrogen-bond donors (Lipinski definition) is 1. The molecule has 5 nitrogen and oxygen atoms in total. The first kappa shape index (κ1) is 14.1. The lowest BCUT2D eigenvalue weighted by molar-refractivity contribution is -0.143. The van der Waals surface area contributed by atoms with Crippen LogP contribution < -0.4 is 5.32 Å². The number of amides is 3. The van der Waals surface area contributed by atoms with Gasteiger partial charge in [-0.05, 0) is 30.4 Å². The number of para-hydroxylation sites is 1. The Hall–Kier alpha value is -2.50. The summed E-state index contributed by atoms with van der Waals surface area (Å²) >= 11 is 0. The minimum Gasteiger partial charge on any atom is -0.322 e. The van der Waals surface area contributed by atoms with Crippen LogP contribution in [0.3, 0.4) is 0 Å². The fourth-order valence-corrected chi connectivity index (χ4v) is 4.02. The lowest BCUT2D eigenvalue weighted by atomic mass is 9.85. The lowest BCUT2D eigenvalue weighted by Crippen LogP contribution is -2.39. The number of imide groups is 1. The van der Waals surface area contributed by atoms with E-state index in [1.165, 1.54) is 18.2 Å². The molecule has 0 spiro atoms. The zero-order valence-corrected chi connectivity index (χ0v) is 12.2. The predicted molar refractivity (Wildman–Crippen MR) is 79.5 cm³/mol. The van der Waals surface area contributed by atoms with E-state index < -0.39 is 11.7 Å². The molecule has 23 heavy (non-hydrogen) atoms. The highest BCUT2D eigenvalue weighted by atomic mass is 19.1. The van der Waals surface area contributed by atoms with Crippen LogP contribution in [-0.4, -0.2) is 29.2 Å². The van der Waals surface area contributed by atoms with Crippen LogP contribution in [0.15, 0.2) is 36.4 Å². The molecule has 1 saturated heterocycles. The average molecular weight is 314 g/mol. The van der Waals surface area contributed by atoms with E-state index in [1.54, 1.807) is 6.07 Å². The average Bonchev–Trinajstić information content (AvgIpc) is 3.19. The summed E-state index contributed by atoms with van der Waals surface area (Å²) in [5.41, 5.74) is 0.0403. The van der Waals surface area contributed by atoms with Crippen molar-refractivity contribution in [1.82, 2.24) is 4.90 Å². The number of carbonyl (C=O) groups excluding carboxylic acids is 3. The maximum absolute atomic E-state index is 13.5. The molecule has 2 bridgehead atoms. The minimum absolute atomic E-state index is 0.0403. The van der Waals surface area contributed by atoms with Gasteiger partial charge in [-0.15, -0.1) is 0 Å². The molecule has 2 fully saturated rings. The Morgan fingerprint density at radius 3 is 2.35 bits per heavy atom. The van der Waals surface area contributed by atoms with Gasteiger partial charge in [0.05, 0.1) is 17.5 Å². The summed E-state index contributed by atoms with van der Waals surface area (Å²) < 4.78 is 13.5. The summed E-state index contributed by atoms with van der Waals surface area (Å²) in [7, 11) is 0. The largest absolute Gasteiger partial charge is 0.322 e. The zero-order chi connectivity index (χ0) is 16.1. The standard InChI is InChI=1S/C17H15FN2O3/c18-11-3-1-2-4-12(11)19-13(21)8-20-16(22)14-9-5-6-10(7-9)15(14)17(20)23/h1-6,9-10,14-15H,7-8H2,(H,19,21). The molecule has 0 radical (unpaired) electrons. The molecule has 118 valence electrons. The first-order chi connectivity index (χ1) is 11.1. The molecule has 1 aliphatic heterocycles. The zero-order valence-electron chi connectivity index (χ0n) is 12.2. The number of carbonyl (C=O) groups is 3. The van der Waals surface area contributed by atoms with Crippen LogP contribution in [0.25, 0.3) is 0 Å². The Morgan fingerprint density at radius 1 is 1.13 bits per heavy atom. The van der Waals surface area contributed by atoms with Gasteiger partial charge >= 0.3 is 0 Å². The molecule has 1 aromatic carbocycles. The topological polar surface area (TPSA) is 66.5 Å². The molecule has 1 saturated carbocycles. The monoisotopic (exact) mass is 314 g/mol. The van der Waals surface area contributed by atoms with Crippen LogP contribution >= 0.6 is 0 Å². The van der Waals surface area contributed by atoms with Crippen LogP contribution in [0.4, 0.5) is 10.1 Å². The molecule has 3 aliphatic rings. The molecule has 6 heteroatoms. The second-order valence-corrected chi connectivity index (χ2v) is 6.29. The van der Waals surface area contributed by atoms with E-state index in [9.17, 15) is 18.8 Å². The summed E-state index contributed by atoms with van der Waals surface area (Å²) in [5, 5.41) is 2.41. The van der Waals surface area contributed by atoms with Gasteiger partial charge in [0, 0.05) is 0 Å². The van der Waals surface area contributed by atoms with Crippen LogP contribution in [-0.2, 0) is 14.4 Å². The van der Waals surface area contributed by atoms with E-state index in [0.717, 1.165) is 11.3 Å². The first-order valence-electron chi connectivity index (χ1n) is 7.64. The molecule has 2 aliphatic carbocycles. The summed E-state index contributed by atoms with van der Waals surface area (Å²) in [5.74, 6) is -2.10. The Morgan fingerprint density at radius 2 is 1.74 bits per heavy atom. The van der Waals surface area contributed by atoms with Gasteiger partial charge in [0.1, 0.15) is 12.4 Å². The van der Waals surface area contributed by atoms with Crippen molar-refractivity contribution in [2.24, 2.45) is 23.7 Å². The summed E-state index contributed by atoms with van der Waals surface area (Å²) in [6.45, 7) is -0.363. The number of fused-ring (bicyclic) bond motifs is 5. The summed E-state index contributed by atoms with van der Waals surface area (Å²) in [6, 6.07) is 5.77. The van der Waals surface area contributed by atoms with E-state index in [1.807, 2.05) is 12.2 Å².